The SMILES string of the molecule is O=C(O)N1CCC(Nc2cnc3nc(Cl)ccc3c2)C1. The van der Waals surface area contributed by atoms with E-state index in [1.807, 2.05) is 12.1 Å². The topological polar surface area (TPSA) is 78.4 Å². The van der Waals surface area contributed by atoms with Gasteiger partial charge >= 0.3 is 6.09 Å². The molecule has 1 aliphatic rings. The number of nitrogens with one attached hydrogen (secondary N) is 1. The van der Waals surface area contributed by atoms with E-state index in [-0.39, 0.29) is 6.04 Å². The highest BCUT2D eigenvalue weighted by atomic mass is 35.5. The number of anilines is 1. The Balaban J connectivity index is 1.75. The molecule has 1 saturated heterocycles. The third-order valence-electron chi connectivity index (χ3n) is 3.34. The molecule has 0 spiro atoms. The molecule has 2 aromatic heterocycles. The number of amides is 1. The summed E-state index contributed by atoms with van der Waals surface area (Å²) >= 11 is 5.81. The Morgan fingerprint density at radius 2 is 2.35 bits per heavy atom. The van der Waals surface area contributed by atoms with Crippen LogP contribution in [0.15, 0.2) is 24.4 Å². The van der Waals surface area contributed by atoms with Crippen molar-refractivity contribution >= 4 is 34.4 Å². The molecule has 7 heteroatoms. The van der Waals surface area contributed by atoms with E-state index in [1.165, 1.54) is 4.90 Å². The van der Waals surface area contributed by atoms with Crippen LogP contribution in [0.3, 0.4) is 0 Å². The van der Waals surface area contributed by atoms with Crippen molar-refractivity contribution in [1.82, 2.24) is 14.9 Å². The number of hydrogen-bond donors (Lipinski definition) is 2. The van der Waals surface area contributed by atoms with Crippen LogP contribution < -0.4 is 5.32 Å². The van der Waals surface area contributed by atoms with Crippen molar-refractivity contribution in [2.24, 2.45) is 0 Å². The fourth-order valence-corrected chi connectivity index (χ4v) is 2.50. The summed E-state index contributed by atoms with van der Waals surface area (Å²) in [4.78, 5) is 20.7. The van der Waals surface area contributed by atoms with E-state index in [9.17, 15) is 4.79 Å². The number of rotatable bonds is 2. The van der Waals surface area contributed by atoms with Crippen molar-refractivity contribution < 1.29 is 9.90 Å². The number of likely N-dealkylation sites (tertiary alicyclic amines) is 1. The maximum atomic E-state index is 10.9. The molecule has 3 rings (SSSR count). The monoisotopic (exact) mass is 292 g/mol. The van der Waals surface area contributed by atoms with Gasteiger partial charge in [-0.05, 0) is 24.6 Å². The third-order valence-corrected chi connectivity index (χ3v) is 3.55. The Labute approximate surface area is 120 Å². The Kier molecular flexibility index (Phi) is 3.31. The van der Waals surface area contributed by atoms with Gasteiger partial charge in [0.25, 0.3) is 0 Å². The minimum absolute atomic E-state index is 0.116. The molecule has 2 N–H and O–H groups in total. The molecule has 3 heterocycles. The predicted octanol–water partition coefficient (Wildman–Crippen LogP) is 2.45. The number of fused-ring (bicyclic) bond motifs is 1. The fraction of sp³-hybridized carbons (Fsp3) is 0.308. The second kappa shape index (κ2) is 5.13. The Morgan fingerprint density at radius 3 is 3.10 bits per heavy atom. The lowest BCUT2D eigenvalue weighted by molar-refractivity contribution is 0.155. The van der Waals surface area contributed by atoms with Crippen LogP contribution in [-0.2, 0) is 0 Å². The van der Waals surface area contributed by atoms with E-state index in [0.717, 1.165) is 17.5 Å². The lowest BCUT2D eigenvalue weighted by atomic mass is 10.2. The van der Waals surface area contributed by atoms with Crippen LogP contribution in [0.2, 0.25) is 5.15 Å². The summed E-state index contributed by atoms with van der Waals surface area (Å²) < 4.78 is 0. The Morgan fingerprint density at radius 1 is 1.50 bits per heavy atom. The molecule has 1 amide bonds. The fourth-order valence-electron chi connectivity index (χ4n) is 2.35. The largest absolute Gasteiger partial charge is 0.465 e. The zero-order valence-corrected chi connectivity index (χ0v) is 11.3. The normalized spacial score (nSPS) is 18.4. The predicted molar refractivity (Wildman–Crippen MR) is 76.2 cm³/mol. The summed E-state index contributed by atoms with van der Waals surface area (Å²) in [7, 11) is 0. The van der Waals surface area contributed by atoms with Gasteiger partial charge in [-0.25, -0.2) is 14.8 Å². The van der Waals surface area contributed by atoms with Gasteiger partial charge in [0.05, 0.1) is 11.9 Å². The zero-order valence-electron chi connectivity index (χ0n) is 10.6. The number of nitrogens with zero attached hydrogens (tertiary/aromatic N) is 3. The van der Waals surface area contributed by atoms with E-state index < -0.39 is 6.09 Å². The molecule has 0 aliphatic carbocycles. The van der Waals surface area contributed by atoms with Gasteiger partial charge in [0.2, 0.25) is 0 Å². The Bertz CT molecular complexity index is 664. The average Bonchev–Trinajstić information content (AvgIpc) is 2.88. The van der Waals surface area contributed by atoms with E-state index in [0.29, 0.717) is 23.9 Å². The van der Waals surface area contributed by atoms with E-state index in [2.05, 4.69) is 15.3 Å². The molecule has 6 nitrogen and oxygen atoms in total. The average molecular weight is 293 g/mol. The number of halogens is 1. The van der Waals surface area contributed by atoms with Crippen LogP contribution in [0.4, 0.5) is 10.5 Å². The van der Waals surface area contributed by atoms with E-state index >= 15 is 0 Å². The zero-order chi connectivity index (χ0) is 14.1. The van der Waals surface area contributed by atoms with Gasteiger partial charge in [-0.1, -0.05) is 11.6 Å². The van der Waals surface area contributed by atoms with Crippen molar-refractivity contribution in [3.8, 4) is 0 Å². The number of carbonyl (C=O) groups is 1. The number of pyridine rings is 2. The van der Waals surface area contributed by atoms with E-state index in [4.69, 9.17) is 16.7 Å². The van der Waals surface area contributed by atoms with Gasteiger partial charge in [-0.15, -0.1) is 0 Å². The van der Waals surface area contributed by atoms with Crippen LogP contribution >= 0.6 is 11.6 Å². The first-order chi connectivity index (χ1) is 9.61. The van der Waals surface area contributed by atoms with Crippen LogP contribution in [0, 0.1) is 0 Å². The number of aromatic nitrogens is 2. The third kappa shape index (κ3) is 2.60. The summed E-state index contributed by atoms with van der Waals surface area (Å²) in [5.74, 6) is 0. The lowest BCUT2D eigenvalue weighted by Gasteiger charge is -2.15. The van der Waals surface area contributed by atoms with Crippen molar-refractivity contribution in [2.75, 3.05) is 18.4 Å². The molecule has 1 aliphatic heterocycles. The van der Waals surface area contributed by atoms with Gasteiger partial charge in [0.1, 0.15) is 5.15 Å². The summed E-state index contributed by atoms with van der Waals surface area (Å²) in [6.07, 6.45) is 1.61. The van der Waals surface area contributed by atoms with Crippen LogP contribution in [0.25, 0.3) is 11.0 Å². The van der Waals surface area contributed by atoms with E-state index in [1.54, 1.807) is 12.3 Å². The highest BCUT2D eigenvalue weighted by Crippen LogP contribution is 2.20. The molecular formula is C13H13ClN4O2. The highest BCUT2D eigenvalue weighted by Gasteiger charge is 2.25. The van der Waals surface area contributed by atoms with Gasteiger partial charge in [0, 0.05) is 24.5 Å². The second-order valence-corrected chi connectivity index (χ2v) is 5.15. The van der Waals surface area contributed by atoms with Crippen molar-refractivity contribution in [3.63, 3.8) is 0 Å². The molecule has 0 radical (unpaired) electrons. The molecule has 0 saturated carbocycles. The van der Waals surface area contributed by atoms with Crippen molar-refractivity contribution in [2.45, 2.75) is 12.5 Å². The minimum Gasteiger partial charge on any atom is -0.465 e. The number of carboxylic acid groups (broad SMARTS) is 1. The van der Waals surface area contributed by atoms with Crippen molar-refractivity contribution in [1.29, 1.82) is 0 Å². The maximum absolute atomic E-state index is 10.9. The molecule has 2 aromatic rings. The van der Waals surface area contributed by atoms with Crippen molar-refractivity contribution in [3.05, 3.63) is 29.5 Å². The smallest absolute Gasteiger partial charge is 0.407 e. The summed E-state index contributed by atoms with van der Waals surface area (Å²) in [5, 5.41) is 13.5. The standard InChI is InChI=1S/C13H13ClN4O2/c14-11-2-1-8-5-10(6-15-12(8)17-11)16-9-3-4-18(7-9)13(19)20/h1-2,5-6,9,16H,3-4,7H2,(H,19,20). The van der Waals surface area contributed by atoms with Gasteiger partial charge in [0.15, 0.2) is 5.65 Å². The molecule has 0 aromatic carbocycles. The van der Waals surface area contributed by atoms with Gasteiger partial charge in [-0.3, -0.25) is 0 Å². The molecule has 0 bridgehead atoms. The molecule has 1 fully saturated rings. The first kappa shape index (κ1) is 12.9. The molecule has 1 unspecified atom stereocenters. The molecule has 104 valence electrons. The van der Waals surface area contributed by atoms with Gasteiger partial charge in [-0.2, -0.15) is 0 Å². The molecule has 1 atom stereocenters. The molecular weight excluding hydrogens is 280 g/mol. The quantitative estimate of drug-likeness (QED) is 0.831. The first-order valence-corrected chi connectivity index (χ1v) is 6.66. The summed E-state index contributed by atoms with van der Waals surface area (Å²) in [6, 6.07) is 5.64. The molecule has 20 heavy (non-hydrogen) atoms. The number of hydrogen-bond acceptors (Lipinski definition) is 4. The van der Waals surface area contributed by atoms with Crippen LogP contribution in [0.5, 0.6) is 0 Å². The lowest BCUT2D eigenvalue weighted by Crippen LogP contribution is -2.30. The van der Waals surface area contributed by atoms with Gasteiger partial charge < -0.3 is 15.3 Å². The second-order valence-electron chi connectivity index (χ2n) is 4.76. The van der Waals surface area contributed by atoms with Crippen LogP contribution in [-0.4, -0.2) is 45.2 Å². The maximum Gasteiger partial charge on any atom is 0.407 e. The minimum atomic E-state index is -0.871. The summed E-state index contributed by atoms with van der Waals surface area (Å²) in [6.45, 7) is 1.05. The Hall–Kier alpha value is -2.08. The first-order valence-electron chi connectivity index (χ1n) is 6.28. The van der Waals surface area contributed by atoms with Crippen LogP contribution in [0.1, 0.15) is 6.42 Å². The summed E-state index contributed by atoms with van der Waals surface area (Å²) in [5.41, 5.74) is 1.46. The highest BCUT2D eigenvalue weighted by molar-refractivity contribution is 6.29.